The Morgan fingerprint density at radius 3 is 1.31 bits per heavy atom. The number of nitrogens with zero attached hydrogens (tertiary/aromatic N) is 2. The zero-order valence-electron chi connectivity index (χ0n) is 16.0. The highest BCUT2D eigenvalue weighted by Gasteiger charge is 2.22. The Labute approximate surface area is 156 Å². The van der Waals surface area contributed by atoms with Gasteiger partial charge in [-0.2, -0.15) is 0 Å². The van der Waals surface area contributed by atoms with Gasteiger partial charge in [-0.1, -0.05) is 24.3 Å². The van der Waals surface area contributed by atoms with Gasteiger partial charge in [0.2, 0.25) is 0 Å². The molecule has 0 unspecified atom stereocenters. The molecule has 0 aromatic heterocycles. The monoisotopic (exact) mass is 346 g/mol. The van der Waals surface area contributed by atoms with Gasteiger partial charge in [0.15, 0.2) is 5.78 Å². The summed E-state index contributed by atoms with van der Waals surface area (Å²) in [6, 6.07) is 16.6. The molecular formula is C23H26N2O. The number of allylic oxidation sites excluding steroid dienone is 2. The Morgan fingerprint density at radius 1 is 0.654 bits per heavy atom. The quantitative estimate of drug-likeness (QED) is 0.753. The molecule has 134 valence electrons. The second-order valence-corrected chi connectivity index (χ2v) is 7.14. The Hall–Kier alpha value is -2.81. The average Bonchev–Trinajstić information content (AvgIpc) is 2.96. The molecule has 0 N–H and O–H groups in total. The SMILES string of the molecule is CN(C)c1ccc(C=C2CCC(=Cc3ccc(N(C)C)cc3)C2=O)cc1. The van der Waals surface area contributed by atoms with Crippen LogP contribution in [0.5, 0.6) is 0 Å². The van der Waals surface area contributed by atoms with E-state index in [1.807, 2.05) is 40.3 Å². The molecule has 3 rings (SSSR count). The third-order valence-corrected chi connectivity index (χ3v) is 4.75. The highest BCUT2D eigenvalue weighted by molar-refractivity contribution is 6.15. The van der Waals surface area contributed by atoms with Crippen molar-refractivity contribution < 1.29 is 4.79 Å². The predicted octanol–water partition coefficient (Wildman–Crippen LogP) is 4.65. The van der Waals surface area contributed by atoms with Gasteiger partial charge in [-0.3, -0.25) is 4.79 Å². The van der Waals surface area contributed by atoms with Gasteiger partial charge in [0, 0.05) is 50.7 Å². The Balaban J connectivity index is 1.76. The van der Waals surface area contributed by atoms with Crippen LogP contribution in [0.2, 0.25) is 0 Å². The Morgan fingerprint density at radius 2 is 1.00 bits per heavy atom. The molecule has 1 aliphatic rings. The lowest BCUT2D eigenvalue weighted by atomic mass is 10.1. The summed E-state index contributed by atoms with van der Waals surface area (Å²) in [5, 5.41) is 0. The van der Waals surface area contributed by atoms with Crippen LogP contribution >= 0.6 is 0 Å². The summed E-state index contributed by atoms with van der Waals surface area (Å²) in [6.07, 6.45) is 5.68. The second-order valence-electron chi connectivity index (χ2n) is 7.14. The van der Waals surface area contributed by atoms with E-state index in [1.165, 1.54) is 0 Å². The molecule has 1 aliphatic carbocycles. The van der Waals surface area contributed by atoms with Crippen LogP contribution in [0.15, 0.2) is 59.7 Å². The van der Waals surface area contributed by atoms with E-state index in [1.54, 1.807) is 0 Å². The van der Waals surface area contributed by atoms with Crippen LogP contribution in [-0.4, -0.2) is 34.0 Å². The third-order valence-electron chi connectivity index (χ3n) is 4.75. The molecule has 3 heteroatoms. The van der Waals surface area contributed by atoms with Crippen molar-refractivity contribution >= 4 is 29.3 Å². The fourth-order valence-electron chi connectivity index (χ4n) is 3.12. The highest BCUT2D eigenvalue weighted by atomic mass is 16.1. The topological polar surface area (TPSA) is 23.6 Å². The molecule has 0 aliphatic heterocycles. The number of anilines is 2. The van der Waals surface area contributed by atoms with E-state index in [-0.39, 0.29) is 5.78 Å². The number of carbonyl (C=O) groups is 1. The summed E-state index contributed by atoms with van der Waals surface area (Å²) in [4.78, 5) is 16.9. The number of ketones is 1. The van der Waals surface area contributed by atoms with Crippen molar-refractivity contribution in [2.45, 2.75) is 12.8 Å². The highest BCUT2D eigenvalue weighted by Crippen LogP contribution is 2.30. The molecule has 1 saturated carbocycles. The van der Waals surface area contributed by atoms with Crippen LogP contribution in [0.25, 0.3) is 12.2 Å². The zero-order chi connectivity index (χ0) is 18.7. The molecule has 0 amide bonds. The van der Waals surface area contributed by atoms with Gasteiger partial charge in [0.05, 0.1) is 0 Å². The van der Waals surface area contributed by atoms with Crippen LogP contribution < -0.4 is 9.80 Å². The Bertz CT molecular complexity index is 769. The van der Waals surface area contributed by atoms with Crippen molar-refractivity contribution in [1.82, 2.24) is 0 Å². The maximum atomic E-state index is 12.7. The average molecular weight is 346 g/mol. The maximum Gasteiger partial charge on any atom is 0.185 e. The number of Topliss-reactive ketones (excluding diaryl/α,β-unsaturated/α-hetero) is 1. The fraction of sp³-hybridized carbons (Fsp3) is 0.261. The minimum absolute atomic E-state index is 0.179. The lowest BCUT2D eigenvalue weighted by molar-refractivity contribution is -0.111. The van der Waals surface area contributed by atoms with Crippen molar-refractivity contribution in [1.29, 1.82) is 0 Å². The Kier molecular flexibility index (Phi) is 5.27. The first-order valence-corrected chi connectivity index (χ1v) is 8.94. The number of rotatable bonds is 4. The second kappa shape index (κ2) is 7.61. The maximum absolute atomic E-state index is 12.7. The number of hydrogen-bond donors (Lipinski definition) is 0. The summed E-state index contributed by atoms with van der Waals surface area (Å²) >= 11 is 0. The summed E-state index contributed by atoms with van der Waals surface area (Å²) < 4.78 is 0. The van der Waals surface area contributed by atoms with Crippen molar-refractivity contribution in [3.8, 4) is 0 Å². The van der Waals surface area contributed by atoms with Crippen molar-refractivity contribution in [3.05, 3.63) is 70.8 Å². The first-order valence-electron chi connectivity index (χ1n) is 8.94. The third kappa shape index (κ3) is 4.05. The van der Waals surface area contributed by atoms with Gasteiger partial charge < -0.3 is 9.80 Å². The summed E-state index contributed by atoms with van der Waals surface area (Å²) in [6.45, 7) is 0. The van der Waals surface area contributed by atoms with E-state index in [9.17, 15) is 4.79 Å². The van der Waals surface area contributed by atoms with Crippen LogP contribution in [0, 0.1) is 0 Å². The molecule has 0 heterocycles. The van der Waals surface area contributed by atoms with E-state index >= 15 is 0 Å². The van der Waals surface area contributed by atoms with Crippen LogP contribution in [0.1, 0.15) is 24.0 Å². The molecule has 2 aromatic carbocycles. The van der Waals surface area contributed by atoms with Gasteiger partial charge in [0.25, 0.3) is 0 Å². The molecule has 1 fully saturated rings. The van der Waals surface area contributed by atoms with E-state index in [4.69, 9.17) is 0 Å². The first-order chi connectivity index (χ1) is 12.4. The minimum atomic E-state index is 0.179. The number of hydrogen-bond acceptors (Lipinski definition) is 3. The van der Waals surface area contributed by atoms with E-state index in [0.717, 1.165) is 46.5 Å². The molecule has 0 atom stereocenters. The molecule has 26 heavy (non-hydrogen) atoms. The predicted molar refractivity (Wildman–Crippen MR) is 112 cm³/mol. The molecule has 2 aromatic rings. The summed E-state index contributed by atoms with van der Waals surface area (Å²) in [5.41, 5.74) is 6.28. The smallest absolute Gasteiger partial charge is 0.185 e. The molecule has 0 bridgehead atoms. The lowest BCUT2D eigenvalue weighted by Gasteiger charge is -2.12. The minimum Gasteiger partial charge on any atom is -0.378 e. The fourth-order valence-corrected chi connectivity index (χ4v) is 3.12. The molecule has 0 radical (unpaired) electrons. The number of carbonyl (C=O) groups excluding carboxylic acids is 1. The van der Waals surface area contributed by atoms with E-state index in [0.29, 0.717) is 0 Å². The standard InChI is InChI=1S/C23H26N2O/c1-24(2)21-11-5-17(6-12-21)15-19-9-10-20(23(19)26)16-18-7-13-22(14-8-18)25(3)4/h5-8,11-16H,9-10H2,1-4H3. The van der Waals surface area contributed by atoms with E-state index in [2.05, 4.69) is 58.3 Å². The lowest BCUT2D eigenvalue weighted by Crippen LogP contribution is -2.08. The van der Waals surface area contributed by atoms with Gasteiger partial charge in [-0.15, -0.1) is 0 Å². The molecule has 3 nitrogen and oxygen atoms in total. The van der Waals surface area contributed by atoms with Crippen LogP contribution in [0.3, 0.4) is 0 Å². The largest absolute Gasteiger partial charge is 0.378 e. The summed E-state index contributed by atoms with van der Waals surface area (Å²) in [5.74, 6) is 0.179. The van der Waals surface area contributed by atoms with Gasteiger partial charge in [-0.25, -0.2) is 0 Å². The van der Waals surface area contributed by atoms with E-state index < -0.39 is 0 Å². The van der Waals surface area contributed by atoms with Crippen LogP contribution in [0.4, 0.5) is 11.4 Å². The normalized spacial score (nSPS) is 17.2. The first kappa shape index (κ1) is 18.0. The van der Waals surface area contributed by atoms with Gasteiger partial charge in [-0.05, 0) is 60.4 Å². The molecule has 0 saturated heterocycles. The van der Waals surface area contributed by atoms with Crippen molar-refractivity contribution in [2.75, 3.05) is 38.0 Å². The zero-order valence-corrected chi connectivity index (χ0v) is 16.0. The van der Waals surface area contributed by atoms with Crippen molar-refractivity contribution in [3.63, 3.8) is 0 Å². The number of benzene rings is 2. The van der Waals surface area contributed by atoms with Gasteiger partial charge in [0.1, 0.15) is 0 Å². The molecule has 0 spiro atoms. The van der Waals surface area contributed by atoms with Crippen molar-refractivity contribution in [2.24, 2.45) is 0 Å². The van der Waals surface area contributed by atoms with Gasteiger partial charge >= 0.3 is 0 Å². The molecular weight excluding hydrogens is 320 g/mol. The summed E-state index contributed by atoms with van der Waals surface area (Å²) in [7, 11) is 8.10. The van der Waals surface area contributed by atoms with Crippen LogP contribution in [-0.2, 0) is 4.79 Å².